The molecule has 0 aromatic heterocycles. The number of hydrogen-bond donors (Lipinski definition) is 1. The van der Waals surface area contributed by atoms with Gasteiger partial charge < -0.3 is 10.6 Å². The van der Waals surface area contributed by atoms with Gasteiger partial charge in [-0.05, 0) is 19.3 Å². The molecular formula is C15H29N3O. The molecule has 1 atom stereocenters. The highest BCUT2D eigenvalue weighted by atomic mass is 16.2. The summed E-state index contributed by atoms with van der Waals surface area (Å²) in [5.41, 5.74) is 5.99. The number of rotatable bonds is 5. The Balaban J connectivity index is 1.74. The molecule has 1 aliphatic carbocycles. The molecular weight excluding hydrogens is 238 g/mol. The number of hydrogen-bond acceptors (Lipinski definition) is 3. The van der Waals surface area contributed by atoms with Gasteiger partial charge in [-0.15, -0.1) is 0 Å². The van der Waals surface area contributed by atoms with Crippen molar-refractivity contribution in [1.29, 1.82) is 0 Å². The second-order valence-corrected chi connectivity index (χ2v) is 6.05. The van der Waals surface area contributed by atoms with E-state index in [-0.39, 0.29) is 11.9 Å². The van der Waals surface area contributed by atoms with E-state index in [1.165, 1.54) is 25.7 Å². The van der Waals surface area contributed by atoms with Crippen LogP contribution in [0.15, 0.2) is 0 Å². The Bertz CT molecular complexity index is 281. The molecule has 110 valence electrons. The fraction of sp³-hybridized carbons (Fsp3) is 0.933. The van der Waals surface area contributed by atoms with Gasteiger partial charge >= 0.3 is 0 Å². The topological polar surface area (TPSA) is 49.6 Å². The first-order valence-corrected chi connectivity index (χ1v) is 8.00. The summed E-state index contributed by atoms with van der Waals surface area (Å²) in [5.74, 6) is 0.166. The monoisotopic (exact) mass is 267 g/mol. The molecule has 1 saturated carbocycles. The van der Waals surface area contributed by atoms with Gasteiger partial charge in [0, 0.05) is 32.2 Å². The number of carbonyl (C=O) groups is 1. The van der Waals surface area contributed by atoms with Gasteiger partial charge in [0.25, 0.3) is 0 Å². The number of unbranched alkanes of at least 4 members (excludes halogenated alkanes) is 1. The molecule has 0 bridgehead atoms. The van der Waals surface area contributed by atoms with E-state index in [2.05, 4.69) is 11.8 Å². The van der Waals surface area contributed by atoms with Crippen LogP contribution in [0.4, 0.5) is 0 Å². The normalized spacial score (nSPS) is 23.8. The highest BCUT2D eigenvalue weighted by molar-refractivity contribution is 5.81. The lowest BCUT2D eigenvalue weighted by molar-refractivity contribution is -0.134. The lowest BCUT2D eigenvalue weighted by Gasteiger charge is -2.38. The molecule has 1 saturated heterocycles. The van der Waals surface area contributed by atoms with E-state index in [9.17, 15) is 4.79 Å². The van der Waals surface area contributed by atoms with Crippen molar-refractivity contribution in [3.05, 3.63) is 0 Å². The third kappa shape index (κ3) is 3.93. The van der Waals surface area contributed by atoms with Gasteiger partial charge in [-0.2, -0.15) is 0 Å². The molecule has 1 aliphatic heterocycles. The Labute approximate surface area is 117 Å². The second kappa shape index (κ2) is 7.25. The Kier molecular flexibility index (Phi) is 5.64. The Morgan fingerprint density at radius 2 is 1.84 bits per heavy atom. The molecule has 1 unspecified atom stereocenters. The van der Waals surface area contributed by atoms with Gasteiger partial charge in [-0.25, -0.2) is 0 Å². The van der Waals surface area contributed by atoms with Gasteiger partial charge in [0.15, 0.2) is 0 Å². The number of carbonyl (C=O) groups excluding carboxylic acids is 1. The summed E-state index contributed by atoms with van der Waals surface area (Å²) in [4.78, 5) is 16.8. The van der Waals surface area contributed by atoms with Crippen LogP contribution >= 0.6 is 0 Å². The molecule has 0 aromatic rings. The molecule has 1 heterocycles. The van der Waals surface area contributed by atoms with E-state index < -0.39 is 0 Å². The zero-order chi connectivity index (χ0) is 13.7. The number of piperazine rings is 1. The van der Waals surface area contributed by atoms with Crippen LogP contribution in [-0.2, 0) is 4.79 Å². The van der Waals surface area contributed by atoms with Crippen LogP contribution in [-0.4, -0.2) is 54.0 Å². The quantitative estimate of drug-likeness (QED) is 0.823. The average Bonchev–Trinajstić information content (AvgIpc) is 2.98. The summed E-state index contributed by atoms with van der Waals surface area (Å²) in [6, 6.07) is 0.504. The molecule has 2 aliphatic rings. The maximum Gasteiger partial charge on any atom is 0.239 e. The SMILES string of the molecule is CCCCC(N)C(=O)N1CCN(C2CCCC2)CC1. The second-order valence-electron chi connectivity index (χ2n) is 6.05. The Morgan fingerprint density at radius 3 is 2.42 bits per heavy atom. The molecule has 4 heteroatoms. The van der Waals surface area contributed by atoms with E-state index in [4.69, 9.17) is 5.73 Å². The molecule has 2 rings (SSSR count). The number of amides is 1. The zero-order valence-electron chi connectivity index (χ0n) is 12.3. The molecule has 4 nitrogen and oxygen atoms in total. The van der Waals surface area contributed by atoms with Crippen LogP contribution in [0.3, 0.4) is 0 Å². The molecule has 0 radical (unpaired) electrons. The molecule has 0 spiro atoms. The van der Waals surface area contributed by atoms with Gasteiger partial charge in [0.05, 0.1) is 6.04 Å². The first-order valence-electron chi connectivity index (χ1n) is 8.00. The van der Waals surface area contributed by atoms with Gasteiger partial charge in [-0.1, -0.05) is 32.6 Å². The summed E-state index contributed by atoms with van der Waals surface area (Å²) in [7, 11) is 0. The van der Waals surface area contributed by atoms with Crippen molar-refractivity contribution in [3.63, 3.8) is 0 Å². The van der Waals surface area contributed by atoms with Crippen LogP contribution in [0.5, 0.6) is 0 Å². The highest BCUT2D eigenvalue weighted by Crippen LogP contribution is 2.24. The fourth-order valence-corrected chi connectivity index (χ4v) is 3.36. The van der Waals surface area contributed by atoms with Gasteiger partial charge in [0.2, 0.25) is 5.91 Å². The minimum Gasteiger partial charge on any atom is -0.339 e. The van der Waals surface area contributed by atoms with Gasteiger partial charge in [0.1, 0.15) is 0 Å². The molecule has 2 fully saturated rings. The highest BCUT2D eigenvalue weighted by Gasteiger charge is 2.29. The number of nitrogens with zero attached hydrogens (tertiary/aromatic N) is 2. The first-order chi connectivity index (χ1) is 9.22. The van der Waals surface area contributed by atoms with Crippen LogP contribution in [0, 0.1) is 0 Å². The average molecular weight is 267 g/mol. The molecule has 1 amide bonds. The van der Waals surface area contributed by atoms with Crippen LogP contribution in [0.1, 0.15) is 51.9 Å². The standard InChI is InChI=1S/C15H29N3O/c1-2-3-8-14(16)15(19)18-11-9-17(10-12-18)13-6-4-5-7-13/h13-14H,2-12,16H2,1H3. The molecule has 0 aromatic carbocycles. The van der Waals surface area contributed by atoms with Crippen molar-refractivity contribution in [2.45, 2.75) is 64.0 Å². The minimum absolute atomic E-state index is 0.166. The van der Waals surface area contributed by atoms with Gasteiger partial charge in [-0.3, -0.25) is 9.69 Å². The van der Waals surface area contributed by atoms with E-state index in [1.807, 2.05) is 4.90 Å². The smallest absolute Gasteiger partial charge is 0.239 e. The van der Waals surface area contributed by atoms with Crippen molar-refractivity contribution in [1.82, 2.24) is 9.80 Å². The van der Waals surface area contributed by atoms with Crippen LogP contribution < -0.4 is 5.73 Å². The summed E-state index contributed by atoms with van der Waals surface area (Å²) in [5, 5.41) is 0. The maximum atomic E-state index is 12.2. The Hall–Kier alpha value is -0.610. The van der Waals surface area contributed by atoms with E-state index >= 15 is 0 Å². The summed E-state index contributed by atoms with van der Waals surface area (Å²) < 4.78 is 0. The summed E-state index contributed by atoms with van der Waals surface area (Å²) in [6.45, 7) is 5.95. The zero-order valence-corrected chi connectivity index (χ0v) is 12.3. The molecule has 19 heavy (non-hydrogen) atoms. The molecule has 2 N–H and O–H groups in total. The Morgan fingerprint density at radius 1 is 1.21 bits per heavy atom. The predicted octanol–water partition coefficient (Wildman–Crippen LogP) is 1.59. The fourth-order valence-electron chi connectivity index (χ4n) is 3.36. The number of nitrogens with two attached hydrogens (primary N) is 1. The lowest BCUT2D eigenvalue weighted by atomic mass is 10.1. The third-order valence-electron chi connectivity index (χ3n) is 4.65. The predicted molar refractivity (Wildman–Crippen MR) is 77.9 cm³/mol. The summed E-state index contributed by atoms with van der Waals surface area (Å²) >= 11 is 0. The van der Waals surface area contributed by atoms with Crippen LogP contribution in [0.25, 0.3) is 0 Å². The van der Waals surface area contributed by atoms with Crippen molar-refractivity contribution in [3.8, 4) is 0 Å². The van der Waals surface area contributed by atoms with E-state index in [0.717, 1.165) is 51.5 Å². The third-order valence-corrected chi connectivity index (χ3v) is 4.65. The van der Waals surface area contributed by atoms with Crippen LogP contribution in [0.2, 0.25) is 0 Å². The van der Waals surface area contributed by atoms with Crippen molar-refractivity contribution < 1.29 is 4.79 Å². The van der Waals surface area contributed by atoms with E-state index in [0.29, 0.717) is 0 Å². The minimum atomic E-state index is -0.280. The van der Waals surface area contributed by atoms with Crippen molar-refractivity contribution >= 4 is 5.91 Å². The van der Waals surface area contributed by atoms with E-state index in [1.54, 1.807) is 0 Å². The maximum absolute atomic E-state index is 12.2. The first kappa shape index (κ1) is 14.8. The lowest BCUT2D eigenvalue weighted by Crippen LogP contribution is -2.54. The summed E-state index contributed by atoms with van der Waals surface area (Å²) in [6.07, 6.45) is 8.45. The van der Waals surface area contributed by atoms with Crippen molar-refractivity contribution in [2.75, 3.05) is 26.2 Å². The van der Waals surface area contributed by atoms with Crippen molar-refractivity contribution in [2.24, 2.45) is 5.73 Å². The largest absolute Gasteiger partial charge is 0.339 e.